The first-order chi connectivity index (χ1) is 7.16. The zero-order valence-corrected chi connectivity index (χ0v) is 10.2. The summed E-state index contributed by atoms with van der Waals surface area (Å²) in [4.78, 5) is 4.39. The van der Waals surface area contributed by atoms with Crippen molar-refractivity contribution in [2.45, 2.75) is 38.0 Å². The molecule has 0 saturated heterocycles. The summed E-state index contributed by atoms with van der Waals surface area (Å²) < 4.78 is 2.12. The van der Waals surface area contributed by atoms with Crippen molar-refractivity contribution in [1.82, 2.24) is 9.55 Å². The maximum Gasteiger partial charge on any atom is 0.108 e. The number of alkyl halides is 1. The topological polar surface area (TPSA) is 17.8 Å². The Morgan fingerprint density at radius 3 is 3.00 bits per heavy atom. The summed E-state index contributed by atoms with van der Waals surface area (Å²) in [6.45, 7) is 2.34. The van der Waals surface area contributed by atoms with E-state index in [2.05, 4.69) is 23.5 Å². The fraction of sp³-hybridized carbons (Fsp3) is 0.750. The molecule has 15 heavy (non-hydrogen) atoms. The number of aryl methyl sites for hydroxylation is 1. The monoisotopic (exact) mass is 226 g/mol. The van der Waals surface area contributed by atoms with Gasteiger partial charge in [-0.3, -0.25) is 0 Å². The Morgan fingerprint density at radius 1 is 1.53 bits per heavy atom. The number of hydrogen-bond donors (Lipinski definition) is 0. The zero-order chi connectivity index (χ0) is 10.8. The van der Waals surface area contributed by atoms with E-state index in [0.717, 1.165) is 18.8 Å². The molecule has 1 aliphatic carbocycles. The zero-order valence-electron chi connectivity index (χ0n) is 9.49. The minimum atomic E-state index is 0.381. The van der Waals surface area contributed by atoms with Gasteiger partial charge in [-0.25, -0.2) is 4.98 Å². The number of halogens is 1. The Bertz CT molecular complexity index is 321. The third kappa shape index (κ3) is 2.54. The molecule has 2 rings (SSSR count). The molecule has 1 fully saturated rings. The Hall–Kier alpha value is -0.500. The molecule has 0 N–H and O–H groups in total. The van der Waals surface area contributed by atoms with Crippen molar-refractivity contribution >= 4 is 11.6 Å². The van der Waals surface area contributed by atoms with Gasteiger partial charge in [-0.05, 0) is 31.1 Å². The molecule has 3 atom stereocenters. The number of hydrogen-bond acceptors (Lipinski definition) is 1. The van der Waals surface area contributed by atoms with Crippen molar-refractivity contribution < 1.29 is 0 Å². The van der Waals surface area contributed by atoms with E-state index in [4.69, 9.17) is 11.6 Å². The van der Waals surface area contributed by atoms with Crippen molar-refractivity contribution in [2.24, 2.45) is 18.9 Å². The SMILES string of the molecule is CC1CCC(Cl)CC1Cc1nccn1C. The maximum atomic E-state index is 6.23. The molecule has 84 valence electrons. The highest BCUT2D eigenvalue weighted by molar-refractivity contribution is 6.20. The van der Waals surface area contributed by atoms with Crippen molar-refractivity contribution in [2.75, 3.05) is 0 Å². The van der Waals surface area contributed by atoms with Gasteiger partial charge in [-0.15, -0.1) is 11.6 Å². The van der Waals surface area contributed by atoms with E-state index < -0.39 is 0 Å². The lowest BCUT2D eigenvalue weighted by Crippen LogP contribution is -2.25. The van der Waals surface area contributed by atoms with E-state index in [-0.39, 0.29) is 0 Å². The summed E-state index contributed by atoms with van der Waals surface area (Å²) in [7, 11) is 2.06. The molecule has 3 heteroatoms. The van der Waals surface area contributed by atoms with Gasteiger partial charge in [0, 0.05) is 31.2 Å². The van der Waals surface area contributed by atoms with Crippen molar-refractivity contribution in [3.8, 4) is 0 Å². The molecule has 0 spiro atoms. The van der Waals surface area contributed by atoms with Gasteiger partial charge in [0.1, 0.15) is 5.82 Å². The lowest BCUT2D eigenvalue weighted by atomic mass is 9.78. The Morgan fingerprint density at radius 2 is 2.33 bits per heavy atom. The van der Waals surface area contributed by atoms with Gasteiger partial charge < -0.3 is 4.57 Å². The first kappa shape index (κ1) is 11.0. The Balaban J connectivity index is 2.01. The Labute approximate surface area is 96.7 Å². The average molecular weight is 227 g/mol. The van der Waals surface area contributed by atoms with Crippen LogP contribution in [0.1, 0.15) is 32.0 Å². The smallest absolute Gasteiger partial charge is 0.108 e. The lowest BCUT2D eigenvalue weighted by molar-refractivity contribution is 0.253. The molecule has 0 aromatic carbocycles. The summed E-state index contributed by atoms with van der Waals surface area (Å²) in [5.41, 5.74) is 0. The molecule has 1 aromatic heterocycles. The maximum absolute atomic E-state index is 6.23. The number of rotatable bonds is 2. The quantitative estimate of drug-likeness (QED) is 0.709. The third-order valence-corrected chi connectivity index (χ3v) is 4.06. The molecule has 1 heterocycles. The van der Waals surface area contributed by atoms with E-state index >= 15 is 0 Å². The fourth-order valence-corrected chi connectivity index (χ4v) is 2.83. The van der Waals surface area contributed by atoms with Gasteiger partial charge in [-0.1, -0.05) is 6.92 Å². The van der Waals surface area contributed by atoms with Crippen LogP contribution in [0.3, 0.4) is 0 Å². The summed E-state index contributed by atoms with van der Waals surface area (Å²) in [6.07, 6.45) is 8.56. The molecule has 3 unspecified atom stereocenters. The average Bonchev–Trinajstić information content (AvgIpc) is 2.58. The van der Waals surface area contributed by atoms with Gasteiger partial charge in [0.25, 0.3) is 0 Å². The van der Waals surface area contributed by atoms with Crippen LogP contribution in [0.4, 0.5) is 0 Å². The van der Waals surface area contributed by atoms with Crippen LogP contribution in [0, 0.1) is 11.8 Å². The Kier molecular flexibility index (Phi) is 3.35. The molecule has 2 nitrogen and oxygen atoms in total. The largest absolute Gasteiger partial charge is 0.338 e. The summed E-state index contributed by atoms with van der Waals surface area (Å²) >= 11 is 6.23. The molecule has 1 saturated carbocycles. The second-order valence-corrected chi connectivity index (χ2v) is 5.42. The van der Waals surface area contributed by atoms with Crippen molar-refractivity contribution in [1.29, 1.82) is 0 Å². The van der Waals surface area contributed by atoms with Crippen LogP contribution in [0.5, 0.6) is 0 Å². The molecule has 1 aliphatic rings. The molecule has 0 amide bonds. The predicted octanol–water partition coefficient (Wildman–Crippen LogP) is 3.01. The molecule has 0 bridgehead atoms. The fourth-order valence-electron chi connectivity index (χ4n) is 2.47. The minimum Gasteiger partial charge on any atom is -0.338 e. The van der Waals surface area contributed by atoms with Crippen LogP contribution in [-0.4, -0.2) is 14.9 Å². The summed E-state index contributed by atoms with van der Waals surface area (Å²) in [5, 5.41) is 0.381. The lowest BCUT2D eigenvalue weighted by Gasteiger charge is -2.31. The number of aromatic nitrogens is 2. The molecular weight excluding hydrogens is 208 g/mol. The van der Waals surface area contributed by atoms with E-state index in [1.807, 2.05) is 12.4 Å². The number of imidazole rings is 1. The van der Waals surface area contributed by atoms with E-state index in [1.165, 1.54) is 18.7 Å². The van der Waals surface area contributed by atoms with Crippen LogP contribution in [0.15, 0.2) is 12.4 Å². The summed E-state index contributed by atoms with van der Waals surface area (Å²) in [6, 6.07) is 0. The molecule has 0 aliphatic heterocycles. The van der Waals surface area contributed by atoms with Crippen molar-refractivity contribution in [3.05, 3.63) is 18.2 Å². The van der Waals surface area contributed by atoms with Gasteiger partial charge in [0.15, 0.2) is 0 Å². The van der Waals surface area contributed by atoms with E-state index in [0.29, 0.717) is 11.3 Å². The highest BCUT2D eigenvalue weighted by atomic mass is 35.5. The summed E-state index contributed by atoms with van der Waals surface area (Å²) in [5.74, 6) is 2.69. The predicted molar refractivity (Wildman–Crippen MR) is 63.1 cm³/mol. The van der Waals surface area contributed by atoms with Crippen LogP contribution < -0.4 is 0 Å². The second kappa shape index (κ2) is 4.56. The van der Waals surface area contributed by atoms with Crippen LogP contribution in [0.2, 0.25) is 0 Å². The van der Waals surface area contributed by atoms with Crippen LogP contribution >= 0.6 is 11.6 Å². The first-order valence-corrected chi connectivity index (χ1v) is 6.20. The third-order valence-electron chi connectivity index (χ3n) is 3.66. The van der Waals surface area contributed by atoms with E-state index in [9.17, 15) is 0 Å². The molecule has 0 radical (unpaired) electrons. The van der Waals surface area contributed by atoms with Crippen LogP contribution in [-0.2, 0) is 13.5 Å². The van der Waals surface area contributed by atoms with Gasteiger partial charge in [0.05, 0.1) is 0 Å². The van der Waals surface area contributed by atoms with Gasteiger partial charge >= 0.3 is 0 Å². The number of nitrogens with zero attached hydrogens (tertiary/aromatic N) is 2. The van der Waals surface area contributed by atoms with Crippen LogP contribution in [0.25, 0.3) is 0 Å². The molecular formula is C12H19ClN2. The molecule has 1 aromatic rings. The normalized spacial score (nSPS) is 31.8. The highest BCUT2D eigenvalue weighted by Gasteiger charge is 2.27. The van der Waals surface area contributed by atoms with E-state index in [1.54, 1.807) is 0 Å². The first-order valence-electron chi connectivity index (χ1n) is 5.77. The van der Waals surface area contributed by atoms with Gasteiger partial charge in [0.2, 0.25) is 0 Å². The second-order valence-electron chi connectivity index (χ2n) is 4.81. The van der Waals surface area contributed by atoms with Crippen molar-refractivity contribution in [3.63, 3.8) is 0 Å². The minimum absolute atomic E-state index is 0.381. The van der Waals surface area contributed by atoms with Gasteiger partial charge in [-0.2, -0.15) is 0 Å². The standard InChI is InChI=1S/C12H19ClN2/c1-9-3-4-11(13)7-10(9)8-12-14-5-6-15(12)2/h5-6,9-11H,3-4,7-8H2,1-2H3. The highest BCUT2D eigenvalue weighted by Crippen LogP contribution is 2.34.